The van der Waals surface area contributed by atoms with Crippen LogP contribution >= 0.6 is 0 Å². The summed E-state index contributed by atoms with van der Waals surface area (Å²) in [5.41, 5.74) is 2.70. The molecule has 4 nitrogen and oxygen atoms in total. The van der Waals surface area contributed by atoms with Crippen molar-refractivity contribution in [3.63, 3.8) is 0 Å². The van der Waals surface area contributed by atoms with E-state index in [1.807, 2.05) is 0 Å². The Morgan fingerprint density at radius 2 is 2.00 bits per heavy atom. The second-order valence-electron chi connectivity index (χ2n) is 5.07. The normalized spacial score (nSPS) is 11.3. The van der Waals surface area contributed by atoms with Crippen LogP contribution < -0.4 is 5.32 Å². The van der Waals surface area contributed by atoms with E-state index in [1.54, 1.807) is 7.11 Å². The third-order valence-corrected chi connectivity index (χ3v) is 3.60. The fourth-order valence-electron chi connectivity index (χ4n) is 2.51. The lowest BCUT2D eigenvalue weighted by atomic mass is 10.1. The van der Waals surface area contributed by atoms with Crippen LogP contribution in [0.5, 0.6) is 0 Å². The molecule has 0 fully saturated rings. The van der Waals surface area contributed by atoms with E-state index in [0.717, 1.165) is 26.1 Å². The molecule has 0 atom stereocenters. The van der Waals surface area contributed by atoms with Gasteiger partial charge in [0.05, 0.1) is 19.8 Å². The predicted octanol–water partition coefficient (Wildman–Crippen LogP) is 2.46. The zero-order chi connectivity index (χ0) is 14.9. The monoisotopic (exact) mass is 290 g/mol. The highest BCUT2D eigenvalue weighted by Gasteiger charge is 2.07. The van der Waals surface area contributed by atoms with Gasteiger partial charge in [-0.2, -0.15) is 0 Å². The van der Waals surface area contributed by atoms with Crippen molar-refractivity contribution in [3.05, 3.63) is 36.0 Å². The summed E-state index contributed by atoms with van der Waals surface area (Å²) in [7, 11) is 1.69. The summed E-state index contributed by atoms with van der Waals surface area (Å²) in [6.07, 6.45) is 3.33. The highest BCUT2D eigenvalue weighted by atomic mass is 16.5. The molecule has 0 amide bonds. The first-order chi connectivity index (χ1) is 10.4. The van der Waals surface area contributed by atoms with Crippen LogP contribution in [0, 0.1) is 0 Å². The number of para-hydroxylation sites is 1. The second-order valence-corrected chi connectivity index (χ2v) is 5.07. The van der Waals surface area contributed by atoms with Crippen molar-refractivity contribution in [2.45, 2.75) is 19.9 Å². The minimum absolute atomic E-state index is 0.653. The largest absolute Gasteiger partial charge is 0.382 e. The zero-order valence-electron chi connectivity index (χ0n) is 13.1. The third-order valence-electron chi connectivity index (χ3n) is 3.60. The van der Waals surface area contributed by atoms with Crippen molar-refractivity contribution < 1.29 is 9.47 Å². The molecule has 1 aromatic carbocycles. The molecule has 21 heavy (non-hydrogen) atoms. The summed E-state index contributed by atoms with van der Waals surface area (Å²) in [5.74, 6) is 0. The van der Waals surface area contributed by atoms with Crippen LogP contribution in [-0.4, -0.2) is 44.6 Å². The number of hydrogen-bond acceptors (Lipinski definition) is 3. The van der Waals surface area contributed by atoms with Crippen molar-refractivity contribution in [2.24, 2.45) is 0 Å². The highest BCUT2D eigenvalue weighted by molar-refractivity contribution is 5.84. The van der Waals surface area contributed by atoms with E-state index in [1.165, 1.54) is 16.5 Å². The van der Waals surface area contributed by atoms with E-state index in [-0.39, 0.29) is 0 Å². The van der Waals surface area contributed by atoms with Gasteiger partial charge in [0.1, 0.15) is 0 Å². The molecule has 0 saturated carbocycles. The molecule has 2 rings (SSSR count). The fraction of sp³-hybridized carbons (Fsp3) is 0.529. The Balaban J connectivity index is 2.01. The first-order valence-electron chi connectivity index (χ1n) is 7.71. The van der Waals surface area contributed by atoms with E-state index in [9.17, 15) is 0 Å². The van der Waals surface area contributed by atoms with Crippen LogP contribution in [0.2, 0.25) is 0 Å². The summed E-state index contributed by atoms with van der Waals surface area (Å²) in [4.78, 5) is 0. The Bertz CT molecular complexity index is 537. The number of methoxy groups -OCH3 is 1. The molecule has 2 aromatic rings. The van der Waals surface area contributed by atoms with Crippen molar-refractivity contribution in [1.29, 1.82) is 0 Å². The van der Waals surface area contributed by atoms with E-state index in [0.29, 0.717) is 19.8 Å². The molecule has 0 aliphatic rings. The number of aromatic nitrogens is 1. The van der Waals surface area contributed by atoms with Gasteiger partial charge in [0.25, 0.3) is 0 Å². The Hall–Kier alpha value is -1.36. The summed E-state index contributed by atoms with van der Waals surface area (Å²) in [6, 6.07) is 8.59. The van der Waals surface area contributed by atoms with Gasteiger partial charge in [0.15, 0.2) is 0 Å². The maximum Gasteiger partial charge on any atom is 0.0701 e. The SMILES string of the molecule is CCNCCc1cn(CCOCCOC)c2ccccc12. The smallest absolute Gasteiger partial charge is 0.0701 e. The van der Waals surface area contributed by atoms with Gasteiger partial charge in [-0.1, -0.05) is 25.1 Å². The average molecular weight is 290 g/mol. The number of benzene rings is 1. The summed E-state index contributed by atoms with van der Waals surface area (Å²) in [5, 5.41) is 4.74. The van der Waals surface area contributed by atoms with Gasteiger partial charge in [-0.25, -0.2) is 0 Å². The molecule has 1 aromatic heterocycles. The van der Waals surface area contributed by atoms with Crippen LogP contribution in [0.4, 0.5) is 0 Å². The molecule has 0 saturated heterocycles. The number of likely N-dealkylation sites (N-methyl/N-ethyl adjacent to an activating group) is 1. The Labute approximate surface area is 127 Å². The number of nitrogens with zero attached hydrogens (tertiary/aromatic N) is 1. The standard InChI is InChI=1S/C17H26N2O2/c1-3-18-9-8-15-14-19(10-11-21-13-12-20-2)17-7-5-4-6-16(15)17/h4-7,14,18H,3,8-13H2,1-2H3. The topological polar surface area (TPSA) is 35.4 Å². The van der Waals surface area contributed by atoms with E-state index in [4.69, 9.17) is 9.47 Å². The molecular formula is C17H26N2O2. The quantitative estimate of drug-likeness (QED) is 0.683. The Kier molecular flexibility index (Phi) is 6.73. The van der Waals surface area contributed by atoms with Crippen molar-refractivity contribution >= 4 is 10.9 Å². The van der Waals surface area contributed by atoms with Crippen LogP contribution in [-0.2, 0) is 22.4 Å². The summed E-state index contributed by atoms with van der Waals surface area (Å²) in [6.45, 7) is 7.09. The molecule has 1 N–H and O–H groups in total. The van der Waals surface area contributed by atoms with Gasteiger partial charge in [-0.15, -0.1) is 0 Å². The van der Waals surface area contributed by atoms with E-state index in [2.05, 4.69) is 47.3 Å². The lowest BCUT2D eigenvalue weighted by molar-refractivity contribution is 0.0670. The second kappa shape index (κ2) is 8.82. The van der Waals surface area contributed by atoms with E-state index < -0.39 is 0 Å². The van der Waals surface area contributed by atoms with Crippen LogP contribution in [0.25, 0.3) is 10.9 Å². The summed E-state index contributed by atoms with van der Waals surface area (Å²) < 4.78 is 12.9. The number of rotatable bonds is 10. The van der Waals surface area contributed by atoms with Gasteiger partial charge >= 0.3 is 0 Å². The number of hydrogen-bond donors (Lipinski definition) is 1. The minimum atomic E-state index is 0.653. The number of ether oxygens (including phenoxy) is 2. The summed E-state index contributed by atoms with van der Waals surface area (Å²) >= 11 is 0. The predicted molar refractivity (Wildman–Crippen MR) is 86.9 cm³/mol. The lowest BCUT2D eigenvalue weighted by Crippen LogP contribution is -2.15. The maximum atomic E-state index is 5.58. The Morgan fingerprint density at radius 1 is 1.14 bits per heavy atom. The molecule has 0 radical (unpaired) electrons. The highest BCUT2D eigenvalue weighted by Crippen LogP contribution is 2.21. The number of nitrogens with one attached hydrogen (secondary N) is 1. The fourth-order valence-corrected chi connectivity index (χ4v) is 2.51. The molecule has 0 spiro atoms. The molecular weight excluding hydrogens is 264 g/mol. The third kappa shape index (κ3) is 4.56. The molecule has 0 aliphatic carbocycles. The Morgan fingerprint density at radius 3 is 2.81 bits per heavy atom. The molecule has 4 heteroatoms. The molecule has 0 unspecified atom stereocenters. The zero-order valence-corrected chi connectivity index (χ0v) is 13.1. The molecule has 116 valence electrons. The minimum Gasteiger partial charge on any atom is -0.382 e. The van der Waals surface area contributed by atoms with Crippen LogP contribution in [0.15, 0.2) is 30.5 Å². The van der Waals surface area contributed by atoms with Crippen molar-refractivity contribution in [1.82, 2.24) is 9.88 Å². The molecule has 0 bridgehead atoms. The van der Waals surface area contributed by atoms with Gasteiger partial charge in [-0.3, -0.25) is 0 Å². The van der Waals surface area contributed by atoms with Gasteiger partial charge < -0.3 is 19.4 Å². The van der Waals surface area contributed by atoms with E-state index >= 15 is 0 Å². The maximum absolute atomic E-state index is 5.58. The molecule has 0 aliphatic heterocycles. The lowest BCUT2D eigenvalue weighted by Gasteiger charge is -2.06. The van der Waals surface area contributed by atoms with Gasteiger partial charge in [0, 0.05) is 30.8 Å². The van der Waals surface area contributed by atoms with Crippen LogP contribution in [0.3, 0.4) is 0 Å². The number of fused-ring (bicyclic) bond motifs is 1. The van der Waals surface area contributed by atoms with Crippen molar-refractivity contribution in [2.75, 3.05) is 40.0 Å². The first-order valence-corrected chi connectivity index (χ1v) is 7.71. The van der Waals surface area contributed by atoms with Gasteiger partial charge in [0.2, 0.25) is 0 Å². The van der Waals surface area contributed by atoms with Gasteiger partial charge in [-0.05, 0) is 31.1 Å². The van der Waals surface area contributed by atoms with Crippen LogP contribution in [0.1, 0.15) is 12.5 Å². The first kappa shape index (κ1) is 16.0. The average Bonchev–Trinajstić information content (AvgIpc) is 2.86. The van der Waals surface area contributed by atoms with Crippen molar-refractivity contribution in [3.8, 4) is 0 Å². The molecule has 1 heterocycles.